The van der Waals surface area contributed by atoms with Crippen LogP contribution < -0.4 is 5.32 Å². The van der Waals surface area contributed by atoms with Gasteiger partial charge < -0.3 is 5.32 Å². The van der Waals surface area contributed by atoms with Crippen molar-refractivity contribution in [1.29, 1.82) is 0 Å². The normalized spacial score (nSPS) is 9.40. The number of anilines is 1. The Hall–Kier alpha value is -0.900. The number of hydrogen-bond acceptors (Lipinski definition) is 4. The topological polar surface area (TPSA) is 50.7 Å². The van der Waals surface area contributed by atoms with Crippen LogP contribution in [0.4, 0.5) is 5.69 Å². The third kappa shape index (κ3) is 1.54. The zero-order valence-corrected chi connectivity index (χ0v) is 6.26. The molecule has 0 spiro atoms. The fraction of sp³-hybridized carbons (Fsp3) is 0.400. The lowest BCUT2D eigenvalue weighted by Crippen LogP contribution is -2.00. The number of halogens is 1. The summed E-state index contributed by atoms with van der Waals surface area (Å²) in [6, 6.07) is 0. The zero-order valence-electron chi connectivity index (χ0n) is 5.50. The number of nitrogens with one attached hydrogen (secondary N) is 1. The van der Waals surface area contributed by atoms with Crippen LogP contribution in [0.15, 0.2) is 6.20 Å². The number of hydrogen-bond donors (Lipinski definition) is 1. The largest absolute Gasteiger partial charge is 0.381 e. The molecule has 1 rings (SSSR count). The van der Waals surface area contributed by atoms with Gasteiger partial charge in [-0.15, -0.1) is 10.2 Å². The van der Waals surface area contributed by atoms with Crippen molar-refractivity contribution in [3.8, 4) is 0 Å². The Kier molecular flexibility index (Phi) is 2.39. The molecule has 1 aromatic heterocycles. The van der Waals surface area contributed by atoms with Gasteiger partial charge in [0.2, 0.25) is 0 Å². The molecule has 4 nitrogen and oxygen atoms in total. The Morgan fingerprint density at radius 2 is 2.50 bits per heavy atom. The third-order valence-corrected chi connectivity index (χ3v) is 1.24. The average molecular weight is 159 g/mol. The third-order valence-electron chi connectivity index (χ3n) is 0.960. The molecule has 0 radical (unpaired) electrons. The second-order valence-corrected chi connectivity index (χ2v) is 2.03. The van der Waals surface area contributed by atoms with E-state index in [-0.39, 0.29) is 0 Å². The van der Waals surface area contributed by atoms with Crippen molar-refractivity contribution in [3.63, 3.8) is 0 Å². The van der Waals surface area contributed by atoms with Crippen LogP contribution in [0.5, 0.6) is 0 Å². The monoisotopic (exact) mass is 158 g/mol. The molecule has 1 heterocycles. The highest BCUT2D eigenvalue weighted by atomic mass is 35.5. The molecule has 5 heteroatoms. The Labute approximate surface area is 63.6 Å². The van der Waals surface area contributed by atoms with Crippen LogP contribution in [0, 0.1) is 0 Å². The summed E-state index contributed by atoms with van der Waals surface area (Å²) in [7, 11) is 0. The van der Waals surface area contributed by atoms with Gasteiger partial charge in [-0.3, -0.25) is 0 Å². The van der Waals surface area contributed by atoms with Gasteiger partial charge in [0.15, 0.2) is 5.15 Å². The lowest BCUT2D eigenvalue weighted by atomic mass is 10.5. The van der Waals surface area contributed by atoms with Crippen LogP contribution in [-0.2, 0) is 0 Å². The highest BCUT2D eigenvalue weighted by Gasteiger charge is 1.97. The number of nitrogens with zero attached hydrogens (tertiary/aromatic N) is 3. The van der Waals surface area contributed by atoms with E-state index in [0.29, 0.717) is 5.15 Å². The van der Waals surface area contributed by atoms with E-state index in [1.165, 1.54) is 0 Å². The van der Waals surface area contributed by atoms with Crippen molar-refractivity contribution < 1.29 is 0 Å². The summed E-state index contributed by atoms with van der Waals surface area (Å²) in [5, 5.41) is 13.8. The maximum Gasteiger partial charge on any atom is 0.178 e. The molecule has 0 saturated carbocycles. The molecule has 0 aliphatic carbocycles. The Morgan fingerprint density at radius 1 is 1.70 bits per heavy atom. The summed E-state index contributed by atoms with van der Waals surface area (Å²) in [5.41, 5.74) is 0.721. The molecule has 10 heavy (non-hydrogen) atoms. The SMILES string of the molecule is CCNc1cnnnc1Cl. The summed E-state index contributed by atoms with van der Waals surface area (Å²) in [6.07, 6.45) is 1.54. The van der Waals surface area contributed by atoms with Gasteiger partial charge in [-0.05, 0) is 12.1 Å². The first-order valence-electron chi connectivity index (χ1n) is 2.92. The van der Waals surface area contributed by atoms with E-state index >= 15 is 0 Å². The number of rotatable bonds is 2. The zero-order chi connectivity index (χ0) is 7.40. The van der Waals surface area contributed by atoms with Crippen molar-refractivity contribution in [1.82, 2.24) is 15.4 Å². The summed E-state index contributed by atoms with van der Waals surface area (Å²) in [4.78, 5) is 0. The molecule has 0 aromatic carbocycles. The van der Waals surface area contributed by atoms with Crippen LogP contribution >= 0.6 is 11.6 Å². The summed E-state index contributed by atoms with van der Waals surface area (Å²) in [5.74, 6) is 0. The molecule has 0 atom stereocenters. The van der Waals surface area contributed by atoms with Crippen molar-refractivity contribution in [2.75, 3.05) is 11.9 Å². The molecule has 0 fully saturated rings. The van der Waals surface area contributed by atoms with Crippen molar-refractivity contribution in [2.45, 2.75) is 6.92 Å². The highest BCUT2D eigenvalue weighted by molar-refractivity contribution is 6.31. The first-order valence-corrected chi connectivity index (χ1v) is 3.30. The first-order chi connectivity index (χ1) is 4.84. The van der Waals surface area contributed by atoms with Gasteiger partial charge in [0.05, 0.1) is 11.9 Å². The van der Waals surface area contributed by atoms with E-state index in [2.05, 4.69) is 20.7 Å². The highest BCUT2D eigenvalue weighted by Crippen LogP contribution is 2.14. The second-order valence-electron chi connectivity index (χ2n) is 1.67. The van der Waals surface area contributed by atoms with Gasteiger partial charge in [0.1, 0.15) is 0 Å². The molecule has 0 bridgehead atoms. The summed E-state index contributed by atoms with van der Waals surface area (Å²) in [6.45, 7) is 2.77. The predicted molar refractivity (Wildman–Crippen MR) is 39.0 cm³/mol. The standard InChI is InChI=1S/C5H7ClN4/c1-2-7-4-3-8-10-9-5(4)6/h3H,2H2,1H3,(H,7,10). The van der Waals surface area contributed by atoms with Gasteiger partial charge in [0.25, 0.3) is 0 Å². The predicted octanol–water partition coefficient (Wildman–Crippen LogP) is 0.957. The second kappa shape index (κ2) is 3.31. The molecule has 1 N–H and O–H groups in total. The van der Waals surface area contributed by atoms with Gasteiger partial charge in [-0.2, -0.15) is 0 Å². The fourth-order valence-electron chi connectivity index (χ4n) is 0.565. The maximum absolute atomic E-state index is 5.63. The average Bonchev–Trinajstić information content (AvgIpc) is 1.94. The minimum Gasteiger partial charge on any atom is -0.381 e. The molecule has 1 aromatic rings. The minimum absolute atomic E-state index is 0.358. The maximum atomic E-state index is 5.63. The lowest BCUT2D eigenvalue weighted by molar-refractivity contribution is 0.865. The van der Waals surface area contributed by atoms with Gasteiger partial charge in [0, 0.05) is 6.54 Å². The Bertz CT molecular complexity index is 215. The van der Waals surface area contributed by atoms with E-state index in [4.69, 9.17) is 11.6 Å². The van der Waals surface area contributed by atoms with E-state index in [1.807, 2.05) is 6.92 Å². The van der Waals surface area contributed by atoms with Gasteiger partial charge in [-0.1, -0.05) is 11.6 Å². The molecular weight excluding hydrogens is 152 g/mol. The first kappa shape index (κ1) is 7.21. The summed E-state index contributed by atoms with van der Waals surface area (Å²) >= 11 is 5.63. The molecule has 54 valence electrons. The van der Waals surface area contributed by atoms with Crippen LogP contribution in [0.2, 0.25) is 5.15 Å². The number of aromatic nitrogens is 3. The van der Waals surface area contributed by atoms with Crippen LogP contribution in [-0.4, -0.2) is 22.0 Å². The Balaban J connectivity index is 2.81. The van der Waals surface area contributed by atoms with Crippen molar-refractivity contribution in [3.05, 3.63) is 11.3 Å². The molecule has 0 unspecified atom stereocenters. The van der Waals surface area contributed by atoms with Crippen molar-refractivity contribution >= 4 is 17.3 Å². The minimum atomic E-state index is 0.358. The van der Waals surface area contributed by atoms with E-state index in [0.717, 1.165) is 12.2 Å². The molecular formula is C5H7ClN4. The van der Waals surface area contributed by atoms with Gasteiger partial charge >= 0.3 is 0 Å². The fourth-order valence-corrected chi connectivity index (χ4v) is 0.714. The quantitative estimate of drug-likeness (QED) is 0.697. The molecule has 0 saturated heterocycles. The van der Waals surface area contributed by atoms with E-state index < -0.39 is 0 Å². The van der Waals surface area contributed by atoms with Gasteiger partial charge in [-0.25, -0.2) is 0 Å². The molecule has 0 aliphatic rings. The van der Waals surface area contributed by atoms with E-state index in [9.17, 15) is 0 Å². The van der Waals surface area contributed by atoms with Crippen LogP contribution in [0.25, 0.3) is 0 Å². The Morgan fingerprint density at radius 3 is 3.10 bits per heavy atom. The van der Waals surface area contributed by atoms with Crippen LogP contribution in [0.1, 0.15) is 6.92 Å². The smallest absolute Gasteiger partial charge is 0.178 e. The molecule has 0 aliphatic heterocycles. The van der Waals surface area contributed by atoms with Crippen molar-refractivity contribution in [2.24, 2.45) is 0 Å². The van der Waals surface area contributed by atoms with Crippen LogP contribution in [0.3, 0.4) is 0 Å². The lowest BCUT2D eigenvalue weighted by Gasteiger charge is -2.00. The van der Waals surface area contributed by atoms with E-state index in [1.54, 1.807) is 6.20 Å². The summed E-state index contributed by atoms with van der Waals surface area (Å²) < 4.78 is 0. The molecule has 0 amide bonds.